The van der Waals surface area contributed by atoms with E-state index in [0.717, 1.165) is 44.6 Å². The van der Waals surface area contributed by atoms with Gasteiger partial charge in [0, 0.05) is 32.7 Å². The summed E-state index contributed by atoms with van der Waals surface area (Å²) in [4.78, 5) is 17.8. The lowest BCUT2D eigenvalue weighted by atomic mass is 10.3. The Morgan fingerprint density at radius 1 is 0.370 bits per heavy atom. The second-order valence-corrected chi connectivity index (χ2v) is 10.8. The summed E-state index contributed by atoms with van der Waals surface area (Å²) in [6, 6.07) is 43.6. The number of phenols is 5. The van der Waals surface area contributed by atoms with E-state index in [9.17, 15) is 0 Å². The molecule has 288 valence electrons. The molecule has 0 fully saturated rings. The number of nitrogens with one attached hydrogen (secondary N) is 1. The fourth-order valence-corrected chi connectivity index (χ4v) is 4.03. The van der Waals surface area contributed by atoms with Crippen molar-refractivity contribution in [1.82, 2.24) is 15.0 Å². The molecule has 11 heteroatoms. The van der Waals surface area contributed by atoms with Crippen LogP contribution in [0.15, 0.2) is 152 Å². The first kappa shape index (κ1) is 45.5. The van der Waals surface area contributed by atoms with Gasteiger partial charge in [0.25, 0.3) is 0 Å². The van der Waals surface area contributed by atoms with Crippen LogP contribution in [0.2, 0.25) is 0 Å². The third kappa shape index (κ3) is 21.7. The van der Waals surface area contributed by atoms with Crippen LogP contribution >= 0.6 is 0 Å². The number of para-hydroxylation sites is 5. The van der Waals surface area contributed by atoms with E-state index in [1.165, 1.54) is 0 Å². The minimum Gasteiger partial charge on any atom is -0.508 e. The van der Waals surface area contributed by atoms with Crippen LogP contribution in [0.25, 0.3) is 0 Å². The van der Waals surface area contributed by atoms with E-state index in [1.54, 1.807) is 121 Å². The summed E-state index contributed by atoms with van der Waals surface area (Å²) in [5.41, 5.74) is 0. The molecule has 0 saturated carbocycles. The molecule has 1 heterocycles. The van der Waals surface area contributed by atoms with Crippen molar-refractivity contribution in [2.75, 3.05) is 47.8 Å². The van der Waals surface area contributed by atoms with Crippen LogP contribution in [-0.2, 0) is 0 Å². The zero-order valence-electron chi connectivity index (χ0n) is 31.9. The molecule has 6 aromatic rings. The second-order valence-electron chi connectivity index (χ2n) is 10.8. The van der Waals surface area contributed by atoms with Gasteiger partial charge in [0.15, 0.2) is 0 Å². The Labute approximate surface area is 320 Å². The predicted octanol–water partition coefficient (Wildman–Crippen LogP) is 8.96. The predicted molar refractivity (Wildman–Crippen MR) is 222 cm³/mol. The van der Waals surface area contributed by atoms with Gasteiger partial charge in [-0.3, -0.25) is 0 Å². The summed E-state index contributed by atoms with van der Waals surface area (Å²) < 4.78 is 0. The highest BCUT2D eigenvalue weighted by molar-refractivity contribution is 5.45. The Morgan fingerprint density at radius 2 is 0.593 bits per heavy atom. The second kappa shape index (κ2) is 29.1. The molecule has 0 atom stereocenters. The summed E-state index contributed by atoms with van der Waals surface area (Å²) in [7, 11) is 0. The molecule has 6 N–H and O–H groups in total. The molecular formula is C43H56N6O5. The Kier molecular flexibility index (Phi) is 24.6. The first-order chi connectivity index (χ1) is 26.2. The van der Waals surface area contributed by atoms with Gasteiger partial charge < -0.3 is 40.6 Å². The smallest absolute Gasteiger partial charge is 0.231 e. The summed E-state index contributed by atoms with van der Waals surface area (Å²) in [6.45, 7) is 14.8. The first-order valence-electron chi connectivity index (χ1n) is 17.9. The van der Waals surface area contributed by atoms with Gasteiger partial charge in [0.05, 0.1) is 0 Å². The van der Waals surface area contributed by atoms with Crippen molar-refractivity contribution in [3.05, 3.63) is 152 Å². The number of hydrogen-bond donors (Lipinski definition) is 6. The molecule has 0 radical (unpaired) electrons. The maximum absolute atomic E-state index is 8.63. The van der Waals surface area contributed by atoms with E-state index in [2.05, 4.69) is 57.8 Å². The minimum absolute atomic E-state index is 0.322. The molecule has 0 aliphatic carbocycles. The number of rotatable bonds is 8. The average molecular weight is 737 g/mol. The third-order valence-electron chi connectivity index (χ3n) is 6.82. The molecule has 1 aromatic heterocycles. The number of aromatic hydroxyl groups is 5. The quantitative estimate of drug-likeness (QED) is 0.0886. The standard InChI is InChI=1S/C13H26N6.5C6H6O/c1-6-14-11-15-12(18(7-2)8-3)17-13(16-11)19(9-4)10-5;5*7-6-4-2-1-3-5-6/h6-10H2,1-5H3,(H,14,15,16,17);5*1-5,7H. The summed E-state index contributed by atoms with van der Waals surface area (Å²) in [6.07, 6.45) is 0. The van der Waals surface area contributed by atoms with Crippen LogP contribution in [0.3, 0.4) is 0 Å². The van der Waals surface area contributed by atoms with Gasteiger partial charge in [0.2, 0.25) is 17.8 Å². The number of phenolic OH excluding ortho intramolecular Hbond substituents is 5. The van der Waals surface area contributed by atoms with Crippen molar-refractivity contribution < 1.29 is 25.5 Å². The van der Waals surface area contributed by atoms with E-state index in [0.29, 0.717) is 34.7 Å². The van der Waals surface area contributed by atoms with Crippen molar-refractivity contribution >= 4 is 17.8 Å². The average Bonchev–Trinajstić information content (AvgIpc) is 3.19. The van der Waals surface area contributed by atoms with E-state index in [1.807, 2.05) is 37.3 Å². The Balaban J connectivity index is 0.000000348. The molecule has 0 bridgehead atoms. The summed E-state index contributed by atoms with van der Waals surface area (Å²) in [5.74, 6) is 3.76. The topological polar surface area (TPSA) is 158 Å². The van der Waals surface area contributed by atoms with Crippen LogP contribution < -0.4 is 15.1 Å². The number of anilines is 3. The third-order valence-corrected chi connectivity index (χ3v) is 6.82. The van der Waals surface area contributed by atoms with Gasteiger partial charge in [-0.25, -0.2) is 0 Å². The monoisotopic (exact) mass is 736 g/mol. The van der Waals surface area contributed by atoms with Crippen molar-refractivity contribution in [3.8, 4) is 28.7 Å². The zero-order valence-corrected chi connectivity index (χ0v) is 31.9. The van der Waals surface area contributed by atoms with E-state index in [-0.39, 0.29) is 0 Å². The molecule has 11 nitrogen and oxygen atoms in total. The van der Waals surface area contributed by atoms with Gasteiger partial charge in [0.1, 0.15) is 28.7 Å². The molecular weight excluding hydrogens is 681 g/mol. The van der Waals surface area contributed by atoms with Gasteiger partial charge >= 0.3 is 0 Å². The van der Waals surface area contributed by atoms with Gasteiger partial charge in [-0.2, -0.15) is 15.0 Å². The highest BCUT2D eigenvalue weighted by Gasteiger charge is 2.13. The lowest BCUT2D eigenvalue weighted by Gasteiger charge is -2.23. The van der Waals surface area contributed by atoms with Crippen molar-refractivity contribution in [3.63, 3.8) is 0 Å². The number of hydrogen-bond acceptors (Lipinski definition) is 11. The van der Waals surface area contributed by atoms with Crippen molar-refractivity contribution in [2.45, 2.75) is 34.6 Å². The SMILES string of the molecule is CCNc1nc(N(CC)CC)nc(N(CC)CC)n1.Oc1ccccc1.Oc1ccccc1.Oc1ccccc1.Oc1ccccc1.Oc1ccccc1. The Morgan fingerprint density at radius 3 is 0.741 bits per heavy atom. The normalized spacial score (nSPS) is 9.20. The molecule has 0 spiro atoms. The highest BCUT2D eigenvalue weighted by Crippen LogP contribution is 2.16. The van der Waals surface area contributed by atoms with Gasteiger partial charge in [-0.05, 0) is 95.3 Å². The largest absolute Gasteiger partial charge is 0.508 e. The fourth-order valence-electron chi connectivity index (χ4n) is 4.03. The molecule has 6 rings (SSSR count). The maximum atomic E-state index is 8.63. The summed E-state index contributed by atoms with van der Waals surface area (Å²) >= 11 is 0. The van der Waals surface area contributed by atoms with Crippen LogP contribution in [0.4, 0.5) is 17.8 Å². The molecule has 54 heavy (non-hydrogen) atoms. The summed E-state index contributed by atoms with van der Waals surface area (Å²) in [5, 5.41) is 46.3. The van der Waals surface area contributed by atoms with Crippen LogP contribution in [0, 0.1) is 0 Å². The molecule has 0 aliphatic heterocycles. The van der Waals surface area contributed by atoms with Crippen LogP contribution in [0.5, 0.6) is 28.7 Å². The minimum atomic E-state index is 0.322. The van der Waals surface area contributed by atoms with E-state index < -0.39 is 0 Å². The molecule has 0 aliphatic rings. The highest BCUT2D eigenvalue weighted by atomic mass is 16.3. The Bertz CT molecular complexity index is 1470. The molecule has 0 saturated heterocycles. The molecule has 0 unspecified atom stereocenters. The maximum Gasteiger partial charge on any atom is 0.231 e. The number of nitrogens with zero attached hydrogens (tertiary/aromatic N) is 5. The molecule has 5 aromatic carbocycles. The van der Waals surface area contributed by atoms with Crippen molar-refractivity contribution in [1.29, 1.82) is 0 Å². The lowest BCUT2D eigenvalue weighted by Crippen LogP contribution is -2.29. The van der Waals surface area contributed by atoms with Crippen LogP contribution in [-0.4, -0.2) is 73.2 Å². The van der Waals surface area contributed by atoms with Gasteiger partial charge in [-0.1, -0.05) is 91.0 Å². The molecule has 0 amide bonds. The van der Waals surface area contributed by atoms with Crippen LogP contribution in [0.1, 0.15) is 34.6 Å². The fraction of sp³-hybridized carbons (Fsp3) is 0.233. The number of aromatic nitrogens is 3. The first-order valence-corrected chi connectivity index (χ1v) is 17.9. The van der Waals surface area contributed by atoms with Crippen molar-refractivity contribution in [2.24, 2.45) is 0 Å². The zero-order chi connectivity index (χ0) is 39.8. The van der Waals surface area contributed by atoms with E-state index >= 15 is 0 Å². The lowest BCUT2D eigenvalue weighted by molar-refractivity contribution is 0.475. The Hall–Kier alpha value is -6.49. The van der Waals surface area contributed by atoms with E-state index in [4.69, 9.17) is 25.5 Å². The van der Waals surface area contributed by atoms with Gasteiger partial charge in [-0.15, -0.1) is 0 Å². The number of benzene rings is 5.